The van der Waals surface area contributed by atoms with E-state index in [2.05, 4.69) is 31.0 Å². The molecular weight excluding hydrogens is 465 g/mol. The number of pyridine rings is 1. The number of rotatable bonds is 5. The second-order valence-electron chi connectivity index (χ2n) is 6.17. The summed E-state index contributed by atoms with van der Waals surface area (Å²) in [7, 11) is -3.84. The van der Waals surface area contributed by atoms with Crippen LogP contribution in [0.1, 0.15) is 13.3 Å². The van der Waals surface area contributed by atoms with Gasteiger partial charge in [-0.25, -0.2) is 13.4 Å². The zero-order valence-electron chi connectivity index (χ0n) is 13.7. The van der Waals surface area contributed by atoms with Crippen LogP contribution in [0.3, 0.4) is 0 Å². The molecule has 2 N–H and O–H groups in total. The first-order valence-corrected chi connectivity index (χ1v) is 10.7. The molecule has 1 atom stereocenters. The predicted octanol–water partition coefficient (Wildman–Crippen LogP) is 4.08. The van der Waals surface area contributed by atoms with Crippen molar-refractivity contribution < 1.29 is 13.2 Å². The first-order chi connectivity index (χ1) is 12.2. The van der Waals surface area contributed by atoms with Gasteiger partial charge in [-0.3, -0.25) is 4.72 Å². The van der Waals surface area contributed by atoms with E-state index in [9.17, 15) is 8.42 Å². The molecule has 3 rings (SSSR count). The van der Waals surface area contributed by atoms with Crippen LogP contribution in [-0.4, -0.2) is 32.1 Å². The van der Waals surface area contributed by atoms with Gasteiger partial charge in [0.1, 0.15) is 21.4 Å². The molecule has 140 valence electrons. The summed E-state index contributed by atoms with van der Waals surface area (Å²) >= 11 is 15.2. The highest BCUT2D eigenvalue weighted by Crippen LogP contribution is 2.33. The number of anilines is 1. The van der Waals surface area contributed by atoms with Crippen molar-refractivity contribution in [2.75, 3.05) is 17.8 Å². The van der Waals surface area contributed by atoms with Crippen LogP contribution in [0.15, 0.2) is 39.8 Å². The van der Waals surface area contributed by atoms with Crippen molar-refractivity contribution in [1.82, 2.24) is 10.3 Å². The average Bonchev–Trinajstić information content (AvgIpc) is 2.99. The van der Waals surface area contributed by atoms with Crippen LogP contribution in [0, 0.1) is 0 Å². The lowest BCUT2D eigenvalue weighted by molar-refractivity contribution is 0.111. The lowest BCUT2D eigenvalue weighted by Crippen LogP contribution is -2.34. The first kappa shape index (κ1) is 19.7. The topological polar surface area (TPSA) is 80.3 Å². The van der Waals surface area contributed by atoms with Crippen LogP contribution in [0.25, 0.3) is 0 Å². The Morgan fingerprint density at radius 1 is 1.35 bits per heavy atom. The van der Waals surface area contributed by atoms with Crippen molar-refractivity contribution >= 4 is 54.8 Å². The number of benzene rings is 1. The van der Waals surface area contributed by atoms with E-state index in [1.165, 1.54) is 12.3 Å². The molecule has 0 radical (unpaired) electrons. The molecular formula is C16H16BrCl2N3O3S. The number of halogens is 3. The zero-order chi connectivity index (χ0) is 18.9. The van der Waals surface area contributed by atoms with E-state index in [-0.39, 0.29) is 15.6 Å². The lowest BCUT2D eigenvalue weighted by Gasteiger charge is -2.25. The standard InChI is InChI=1S/C16H16BrCl2N3O3S/c1-16(4-5-20-9-16)25-14-6-10(2-3-13(14)18)22-26(23,24)11-7-12(17)15(19)21-8-11/h2-3,6-8,20,22H,4-5,9H2,1H3/t16-/m1/s1. The molecule has 1 aromatic heterocycles. The number of ether oxygens (including phenoxy) is 1. The Kier molecular flexibility index (Phi) is 5.69. The van der Waals surface area contributed by atoms with E-state index in [1.54, 1.807) is 18.2 Å². The van der Waals surface area contributed by atoms with Crippen molar-refractivity contribution in [2.45, 2.75) is 23.8 Å². The number of nitrogens with one attached hydrogen (secondary N) is 2. The molecule has 0 unspecified atom stereocenters. The van der Waals surface area contributed by atoms with E-state index in [0.717, 1.165) is 13.0 Å². The third-order valence-corrected chi connectivity index (χ3v) is 6.75. The van der Waals surface area contributed by atoms with E-state index in [0.29, 0.717) is 27.5 Å². The van der Waals surface area contributed by atoms with Crippen molar-refractivity contribution in [1.29, 1.82) is 0 Å². The smallest absolute Gasteiger partial charge is 0.263 e. The van der Waals surface area contributed by atoms with Gasteiger partial charge in [-0.2, -0.15) is 0 Å². The molecule has 2 aromatic rings. The van der Waals surface area contributed by atoms with Crippen molar-refractivity contribution in [3.63, 3.8) is 0 Å². The number of hydrogen-bond acceptors (Lipinski definition) is 5. The molecule has 1 aromatic carbocycles. The number of nitrogens with zero attached hydrogens (tertiary/aromatic N) is 1. The first-order valence-electron chi connectivity index (χ1n) is 7.72. The second-order valence-corrected chi connectivity index (χ2v) is 9.48. The van der Waals surface area contributed by atoms with Crippen LogP contribution < -0.4 is 14.8 Å². The Bertz CT molecular complexity index is 934. The molecule has 0 amide bonds. The summed E-state index contributed by atoms with van der Waals surface area (Å²) in [5.41, 5.74) is -0.0448. The van der Waals surface area contributed by atoms with Crippen LogP contribution >= 0.6 is 39.1 Å². The summed E-state index contributed by atoms with van der Waals surface area (Å²) in [5.74, 6) is 0.425. The molecule has 1 aliphatic rings. The summed E-state index contributed by atoms with van der Waals surface area (Å²) in [6.45, 7) is 3.54. The maximum atomic E-state index is 12.6. The Hall–Kier alpha value is -1.06. The normalized spacial score (nSPS) is 20.2. The minimum atomic E-state index is -3.84. The summed E-state index contributed by atoms with van der Waals surface area (Å²) < 4.78 is 34.1. The summed E-state index contributed by atoms with van der Waals surface area (Å²) in [6.07, 6.45) is 2.03. The molecule has 1 fully saturated rings. The molecule has 0 saturated carbocycles. The van der Waals surface area contributed by atoms with Crippen molar-refractivity contribution in [2.24, 2.45) is 0 Å². The van der Waals surface area contributed by atoms with Crippen molar-refractivity contribution in [3.8, 4) is 5.75 Å². The van der Waals surface area contributed by atoms with Crippen LogP contribution in [0.5, 0.6) is 5.75 Å². The second kappa shape index (κ2) is 7.52. The fourth-order valence-electron chi connectivity index (χ4n) is 2.56. The van der Waals surface area contributed by atoms with Crippen LogP contribution in [0.4, 0.5) is 5.69 Å². The minimum Gasteiger partial charge on any atom is -0.485 e. The van der Waals surface area contributed by atoms with Gasteiger partial charge in [-0.1, -0.05) is 23.2 Å². The van der Waals surface area contributed by atoms with E-state index < -0.39 is 10.0 Å². The Morgan fingerprint density at radius 3 is 2.77 bits per heavy atom. The lowest BCUT2D eigenvalue weighted by atomic mass is 10.1. The molecule has 0 spiro atoms. The molecule has 2 heterocycles. The van der Waals surface area contributed by atoms with Gasteiger partial charge in [-0.15, -0.1) is 0 Å². The Labute approximate surface area is 170 Å². The molecule has 1 aliphatic heterocycles. The van der Waals surface area contributed by atoms with E-state index in [4.69, 9.17) is 27.9 Å². The molecule has 0 bridgehead atoms. The Morgan fingerprint density at radius 2 is 2.12 bits per heavy atom. The van der Waals surface area contributed by atoms with Crippen LogP contribution in [0.2, 0.25) is 10.2 Å². The molecule has 1 saturated heterocycles. The number of aromatic nitrogens is 1. The average molecular weight is 481 g/mol. The minimum absolute atomic E-state index is 0.0156. The van der Waals surface area contributed by atoms with Gasteiger partial charge in [0.15, 0.2) is 0 Å². The third-order valence-electron chi connectivity index (χ3n) is 3.95. The van der Waals surface area contributed by atoms with Gasteiger partial charge >= 0.3 is 0 Å². The molecule has 26 heavy (non-hydrogen) atoms. The van der Waals surface area contributed by atoms with E-state index in [1.807, 2.05) is 6.92 Å². The third kappa shape index (κ3) is 4.43. The van der Waals surface area contributed by atoms with Gasteiger partial charge in [0.25, 0.3) is 10.0 Å². The number of sulfonamides is 1. The van der Waals surface area contributed by atoms with Crippen LogP contribution in [-0.2, 0) is 10.0 Å². The summed E-state index contributed by atoms with van der Waals surface area (Å²) in [4.78, 5) is 3.83. The van der Waals surface area contributed by atoms with Gasteiger partial charge in [0, 0.05) is 25.2 Å². The van der Waals surface area contributed by atoms with E-state index >= 15 is 0 Å². The highest BCUT2D eigenvalue weighted by atomic mass is 79.9. The Balaban J connectivity index is 1.85. The fraction of sp³-hybridized carbons (Fsp3) is 0.312. The summed E-state index contributed by atoms with van der Waals surface area (Å²) in [5, 5.41) is 3.83. The summed E-state index contributed by atoms with van der Waals surface area (Å²) in [6, 6.07) is 6.12. The zero-order valence-corrected chi connectivity index (χ0v) is 17.6. The monoisotopic (exact) mass is 479 g/mol. The SMILES string of the molecule is C[C@@]1(Oc2cc(NS(=O)(=O)c3cnc(Cl)c(Br)c3)ccc2Cl)CCNC1. The molecule has 0 aliphatic carbocycles. The number of hydrogen-bond donors (Lipinski definition) is 2. The van der Waals surface area contributed by atoms with Gasteiger partial charge in [0.05, 0.1) is 15.2 Å². The quantitative estimate of drug-likeness (QED) is 0.630. The van der Waals surface area contributed by atoms with Gasteiger partial charge in [-0.05, 0) is 47.6 Å². The molecule has 6 nitrogen and oxygen atoms in total. The fourth-order valence-corrected chi connectivity index (χ4v) is 4.34. The highest BCUT2D eigenvalue weighted by molar-refractivity contribution is 9.10. The predicted molar refractivity (Wildman–Crippen MR) is 106 cm³/mol. The largest absolute Gasteiger partial charge is 0.485 e. The molecule has 10 heteroatoms. The maximum Gasteiger partial charge on any atom is 0.263 e. The maximum absolute atomic E-state index is 12.6. The van der Waals surface area contributed by atoms with Gasteiger partial charge < -0.3 is 10.1 Å². The van der Waals surface area contributed by atoms with Gasteiger partial charge in [0.2, 0.25) is 0 Å². The highest BCUT2D eigenvalue weighted by Gasteiger charge is 2.31. The van der Waals surface area contributed by atoms with Crippen molar-refractivity contribution in [3.05, 3.63) is 45.1 Å².